The molecule has 1 aromatic heterocycles. The lowest BCUT2D eigenvalue weighted by Crippen LogP contribution is -2.14. The van der Waals surface area contributed by atoms with E-state index < -0.39 is 0 Å². The van der Waals surface area contributed by atoms with Crippen molar-refractivity contribution in [2.45, 2.75) is 26.5 Å². The van der Waals surface area contributed by atoms with Crippen LogP contribution in [-0.2, 0) is 6.54 Å². The molecule has 1 unspecified atom stereocenters. The number of nitrogens with one attached hydrogen (secondary N) is 1. The van der Waals surface area contributed by atoms with Crippen LogP contribution in [0.2, 0.25) is 0 Å². The van der Waals surface area contributed by atoms with Crippen LogP contribution in [0.3, 0.4) is 0 Å². The summed E-state index contributed by atoms with van der Waals surface area (Å²) in [5.41, 5.74) is 2.25. The molecule has 19 heavy (non-hydrogen) atoms. The number of hydrogen-bond acceptors (Lipinski definition) is 3. The van der Waals surface area contributed by atoms with Crippen LogP contribution in [0.25, 0.3) is 0 Å². The third-order valence-electron chi connectivity index (χ3n) is 2.97. The van der Waals surface area contributed by atoms with Gasteiger partial charge in [0, 0.05) is 18.3 Å². The van der Waals surface area contributed by atoms with Gasteiger partial charge in [0.2, 0.25) is 5.88 Å². The van der Waals surface area contributed by atoms with Crippen LogP contribution in [0.1, 0.15) is 31.1 Å². The molecule has 2 aromatic rings. The molecule has 0 fully saturated rings. The van der Waals surface area contributed by atoms with Gasteiger partial charge in [-0.15, -0.1) is 0 Å². The predicted molar refractivity (Wildman–Crippen MR) is 77.1 cm³/mol. The number of benzene rings is 1. The zero-order chi connectivity index (χ0) is 13.5. The maximum absolute atomic E-state index is 5.98. The summed E-state index contributed by atoms with van der Waals surface area (Å²) in [6, 6.07) is 14.2. The van der Waals surface area contributed by atoms with Crippen LogP contribution >= 0.6 is 0 Å². The summed E-state index contributed by atoms with van der Waals surface area (Å²) >= 11 is 0. The van der Waals surface area contributed by atoms with Crippen molar-refractivity contribution < 1.29 is 4.74 Å². The lowest BCUT2D eigenvalue weighted by molar-refractivity contribution is 0.214. The summed E-state index contributed by atoms with van der Waals surface area (Å²) in [7, 11) is 0. The molecule has 1 N–H and O–H groups in total. The van der Waals surface area contributed by atoms with E-state index in [1.54, 1.807) is 6.20 Å². The van der Waals surface area contributed by atoms with Gasteiger partial charge in [-0.25, -0.2) is 4.98 Å². The fourth-order valence-electron chi connectivity index (χ4n) is 1.88. The molecule has 0 saturated heterocycles. The fraction of sp³-hybridized carbons (Fsp3) is 0.312. The van der Waals surface area contributed by atoms with Gasteiger partial charge in [-0.05, 0) is 25.1 Å². The highest BCUT2D eigenvalue weighted by Crippen LogP contribution is 2.22. The van der Waals surface area contributed by atoms with Gasteiger partial charge in [0.25, 0.3) is 0 Å². The predicted octanol–water partition coefficient (Wildman–Crippen LogP) is 3.33. The zero-order valence-corrected chi connectivity index (χ0v) is 11.5. The van der Waals surface area contributed by atoms with Gasteiger partial charge in [-0.3, -0.25) is 0 Å². The normalized spacial score (nSPS) is 12.1. The third kappa shape index (κ3) is 3.80. The molecule has 100 valence electrons. The Morgan fingerprint density at radius 2 is 1.95 bits per heavy atom. The monoisotopic (exact) mass is 256 g/mol. The minimum absolute atomic E-state index is 0.00326. The van der Waals surface area contributed by atoms with Gasteiger partial charge in [0.1, 0.15) is 6.10 Å². The van der Waals surface area contributed by atoms with E-state index in [1.807, 2.05) is 37.3 Å². The van der Waals surface area contributed by atoms with Crippen molar-refractivity contribution in [3.63, 3.8) is 0 Å². The number of ether oxygens (including phenoxy) is 1. The topological polar surface area (TPSA) is 34.2 Å². The van der Waals surface area contributed by atoms with Crippen LogP contribution in [0.4, 0.5) is 0 Å². The molecule has 0 aliphatic heterocycles. The van der Waals surface area contributed by atoms with Crippen LogP contribution in [-0.4, -0.2) is 11.5 Å². The average Bonchev–Trinajstić information content (AvgIpc) is 2.47. The molecule has 0 amide bonds. The average molecular weight is 256 g/mol. The highest BCUT2D eigenvalue weighted by atomic mass is 16.5. The molecule has 0 aliphatic carbocycles. The first-order chi connectivity index (χ1) is 9.31. The Labute approximate surface area is 114 Å². The Hall–Kier alpha value is -1.87. The van der Waals surface area contributed by atoms with Crippen LogP contribution < -0.4 is 10.1 Å². The van der Waals surface area contributed by atoms with Gasteiger partial charge >= 0.3 is 0 Å². The second kappa shape index (κ2) is 6.90. The molecule has 0 radical (unpaired) electrons. The minimum atomic E-state index is -0.00326. The van der Waals surface area contributed by atoms with E-state index in [-0.39, 0.29) is 6.10 Å². The quantitative estimate of drug-likeness (QED) is 0.860. The fourth-order valence-corrected chi connectivity index (χ4v) is 1.88. The molecule has 0 bridgehead atoms. The molecular formula is C16H20N2O. The highest BCUT2D eigenvalue weighted by Gasteiger charge is 2.10. The van der Waals surface area contributed by atoms with E-state index in [9.17, 15) is 0 Å². The standard InChI is InChI=1S/C16H20N2O/c1-3-17-12-15-10-7-11-18-16(15)19-13(2)14-8-5-4-6-9-14/h4-11,13,17H,3,12H2,1-2H3. The molecule has 0 aliphatic rings. The molecular weight excluding hydrogens is 236 g/mol. The SMILES string of the molecule is CCNCc1cccnc1OC(C)c1ccccc1. The van der Waals surface area contributed by atoms with Crippen molar-refractivity contribution >= 4 is 0 Å². The molecule has 1 aromatic carbocycles. The van der Waals surface area contributed by atoms with Gasteiger partial charge in [0.05, 0.1) is 0 Å². The van der Waals surface area contributed by atoms with E-state index in [2.05, 4.69) is 29.4 Å². The van der Waals surface area contributed by atoms with Crippen molar-refractivity contribution in [1.29, 1.82) is 0 Å². The van der Waals surface area contributed by atoms with Crippen LogP contribution in [0, 0.1) is 0 Å². The molecule has 3 nitrogen and oxygen atoms in total. The number of hydrogen-bond donors (Lipinski definition) is 1. The van der Waals surface area contributed by atoms with Crippen LogP contribution in [0.15, 0.2) is 48.7 Å². The second-order valence-electron chi connectivity index (χ2n) is 4.42. The van der Waals surface area contributed by atoms with Crippen molar-refractivity contribution in [2.24, 2.45) is 0 Å². The number of pyridine rings is 1. The van der Waals surface area contributed by atoms with Crippen molar-refractivity contribution in [3.8, 4) is 5.88 Å². The number of rotatable bonds is 6. The van der Waals surface area contributed by atoms with Gasteiger partial charge in [0.15, 0.2) is 0 Å². The smallest absolute Gasteiger partial charge is 0.218 e. The Morgan fingerprint density at radius 1 is 1.16 bits per heavy atom. The number of aromatic nitrogens is 1. The van der Waals surface area contributed by atoms with Crippen molar-refractivity contribution in [2.75, 3.05) is 6.54 Å². The Bertz CT molecular complexity index is 499. The maximum Gasteiger partial charge on any atom is 0.218 e. The summed E-state index contributed by atoms with van der Waals surface area (Å²) in [4.78, 5) is 4.33. The summed E-state index contributed by atoms with van der Waals surface area (Å²) < 4.78 is 5.98. The van der Waals surface area contributed by atoms with Gasteiger partial charge in [-0.1, -0.05) is 43.3 Å². The van der Waals surface area contributed by atoms with E-state index in [0.717, 1.165) is 24.2 Å². The first-order valence-electron chi connectivity index (χ1n) is 6.67. The highest BCUT2D eigenvalue weighted by molar-refractivity contribution is 5.27. The lowest BCUT2D eigenvalue weighted by Gasteiger charge is -2.16. The molecule has 0 spiro atoms. The van der Waals surface area contributed by atoms with Crippen LogP contribution in [0.5, 0.6) is 5.88 Å². The summed E-state index contributed by atoms with van der Waals surface area (Å²) in [6.07, 6.45) is 1.76. The largest absolute Gasteiger partial charge is 0.470 e. The Balaban J connectivity index is 2.10. The van der Waals surface area contributed by atoms with Gasteiger partial charge < -0.3 is 10.1 Å². The Morgan fingerprint density at radius 3 is 2.68 bits per heavy atom. The second-order valence-corrected chi connectivity index (χ2v) is 4.42. The first-order valence-corrected chi connectivity index (χ1v) is 6.67. The van der Waals surface area contributed by atoms with E-state index >= 15 is 0 Å². The molecule has 1 atom stereocenters. The molecule has 2 rings (SSSR count). The minimum Gasteiger partial charge on any atom is -0.470 e. The first kappa shape index (κ1) is 13.6. The van der Waals surface area contributed by atoms with Crippen molar-refractivity contribution in [1.82, 2.24) is 10.3 Å². The van der Waals surface area contributed by atoms with E-state index in [4.69, 9.17) is 4.74 Å². The molecule has 0 saturated carbocycles. The summed E-state index contributed by atoms with van der Waals surface area (Å²) in [6.45, 7) is 5.84. The maximum atomic E-state index is 5.98. The zero-order valence-electron chi connectivity index (χ0n) is 11.5. The molecule has 3 heteroatoms. The van der Waals surface area contributed by atoms with E-state index in [0.29, 0.717) is 5.88 Å². The lowest BCUT2D eigenvalue weighted by atomic mass is 10.1. The summed E-state index contributed by atoms with van der Waals surface area (Å²) in [5.74, 6) is 0.708. The van der Waals surface area contributed by atoms with Crippen molar-refractivity contribution in [3.05, 3.63) is 59.8 Å². The summed E-state index contributed by atoms with van der Waals surface area (Å²) in [5, 5.41) is 3.30. The number of nitrogens with zero attached hydrogens (tertiary/aromatic N) is 1. The third-order valence-corrected chi connectivity index (χ3v) is 2.97. The molecule has 1 heterocycles. The van der Waals surface area contributed by atoms with Gasteiger partial charge in [-0.2, -0.15) is 0 Å². The van der Waals surface area contributed by atoms with E-state index in [1.165, 1.54) is 0 Å². The Kier molecular flexibility index (Phi) is 4.93.